The number of rotatable bonds is 3. The third kappa shape index (κ3) is 2.61. The fraction of sp³-hybridized carbons (Fsp3) is 0.250. The Balaban J connectivity index is 1.66. The van der Waals surface area contributed by atoms with Crippen molar-refractivity contribution in [3.63, 3.8) is 0 Å². The molecule has 0 saturated carbocycles. The predicted octanol–water partition coefficient (Wildman–Crippen LogP) is 1.98. The molecule has 0 aliphatic carbocycles. The highest BCUT2D eigenvalue weighted by molar-refractivity contribution is 6.03. The van der Waals surface area contributed by atoms with Gasteiger partial charge < -0.3 is 10.2 Å². The molecule has 1 aliphatic rings. The van der Waals surface area contributed by atoms with Crippen molar-refractivity contribution in [1.82, 2.24) is 19.6 Å². The number of amides is 1. The van der Waals surface area contributed by atoms with Crippen LogP contribution in [0.2, 0.25) is 0 Å². The molecule has 0 unspecified atom stereocenters. The van der Waals surface area contributed by atoms with Gasteiger partial charge in [-0.3, -0.25) is 9.78 Å². The smallest absolute Gasteiger partial charge is 0.276 e. The first-order chi connectivity index (χ1) is 11.3. The largest absolute Gasteiger partial charge is 0.355 e. The van der Waals surface area contributed by atoms with E-state index in [2.05, 4.69) is 25.3 Å². The normalized spacial score (nSPS) is 14.3. The van der Waals surface area contributed by atoms with E-state index in [4.69, 9.17) is 0 Å². The summed E-state index contributed by atoms with van der Waals surface area (Å²) in [5, 5.41) is 7.39. The molecule has 23 heavy (non-hydrogen) atoms. The van der Waals surface area contributed by atoms with Crippen LogP contribution >= 0.6 is 0 Å². The lowest BCUT2D eigenvalue weighted by Gasteiger charge is -2.16. The summed E-state index contributed by atoms with van der Waals surface area (Å²) >= 11 is 0. The van der Waals surface area contributed by atoms with Gasteiger partial charge in [0, 0.05) is 19.3 Å². The van der Waals surface area contributed by atoms with E-state index in [0.29, 0.717) is 17.0 Å². The lowest BCUT2D eigenvalue weighted by molar-refractivity contribution is 0.102. The van der Waals surface area contributed by atoms with E-state index in [1.165, 1.54) is 12.8 Å². The first kappa shape index (κ1) is 13.7. The number of carbonyl (C=O) groups excluding carboxylic acids is 1. The van der Waals surface area contributed by atoms with Gasteiger partial charge in [0.1, 0.15) is 5.82 Å². The van der Waals surface area contributed by atoms with Crippen molar-refractivity contribution in [3.8, 4) is 0 Å². The number of hydrogen-bond acceptors (Lipinski definition) is 5. The maximum absolute atomic E-state index is 12.5. The second-order valence-corrected chi connectivity index (χ2v) is 5.49. The van der Waals surface area contributed by atoms with Gasteiger partial charge in [0.2, 0.25) is 0 Å². The summed E-state index contributed by atoms with van der Waals surface area (Å²) < 4.78 is 1.60. The molecule has 1 fully saturated rings. The van der Waals surface area contributed by atoms with Gasteiger partial charge in [-0.05, 0) is 37.1 Å². The molecule has 3 aromatic rings. The van der Waals surface area contributed by atoms with Crippen LogP contribution in [0, 0.1) is 0 Å². The zero-order chi connectivity index (χ0) is 15.6. The molecule has 0 atom stereocenters. The summed E-state index contributed by atoms with van der Waals surface area (Å²) in [5.74, 6) is 0.625. The zero-order valence-electron chi connectivity index (χ0n) is 12.5. The SMILES string of the molecule is O=C(Nc1cccnc1)c1cnc2ccc(N3CCCC3)nn12. The highest BCUT2D eigenvalue weighted by Gasteiger charge is 2.17. The summed E-state index contributed by atoms with van der Waals surface area (Å²) in [5.41, 5.74) is 1.71. The van der Waals surface area contributed by atoms with Gasteiger partial charge in [0.05, 0.1) is 18.1 Å². The molecule has 1 saturated heterocycles. The number of nitrogens with one attached hydrogen (secondary N) is 1. The molecule has 1 N–H and O–H groups in total. The van der Waals surface area contributed by atoms with Crippen molar-refractivity contribution in [3.05, 3.63) is 48.5 Å². The third-order valence-electron chi connectivity index (χ3n) is 3.93. The minimum Gasteiger partial charge on any atom is -0.355 e. The lowest BCUT2D eigenvalue weighted by atomic mass is 10.4. The van der Waals surface area contributed by atoms with E-state index in [-0.39, 0.29) is 5.91 Å². The number of anilines is 2. The van der Waals surface area contributed by atoms with Crippen molar-refractivity contribution in [2.24, 2.45) is 0 Å². The first-order valence-electron chi connectivity index (χ1n) is 7.62. The molecule has 4 rings (SSSR count). The maximum atomic E-state index is 12.5. The molecular formula is C16H16N6O. The van der Waals surface area contributed by atoms with Gasteiger partial charge in [0.25, 0.3) is 5.91 Å². The first-order valence-corrected chi connectivity index (χ1v) is 7.62. The highest BCUT2D eigenvalue weighted by atomic mass is 16.2. The average molecular weight is 308 g/mol. The van der Waals surface area contributed by atoms with Crippen LogP contribution in [0.3, 0.4) is 0 Å². The average Bonchev–Trinajstić information content (AvgIpc) is 3.25. The minimum atomic E-state index is -0.253. The molecule has 1 aliphatic heterocycles. The van der Waals surface area contributed by atoms with E-state index in [0.717, 1.165) is 18.9 Å². The summed E-state index contributed by atoms with van der Waals surface area (Å²) in [7, 11) is 0. The quantitative estimate of drug-likeness (QED) is 0.800. The Kier molecular flexibility index (Phi) is 3.38. The van der Waals surface area contributed by atoms with Crippen molar-refractivity contribution in [1.29, 1.82) is 0 Å². The molecule has 7 heteroatoms. The fourth-order valence-corrected chi connectivity index (χ4v) is 2.77. The van der Waals surface area contributed by atoms with Gasteiger partial charge in [0.15, 0.2) is 11.3 Å². The number of nitrogens with zero attached hydrogens (tertiary/aromatic N) is 5. The predicted molar refractivity (Wildman–Crippen MR) is 86.6 cm³/mol. The van der Waals surface area contributed by atoms with E-state index in [1.54, 1.807) is 35.2 Å². The van der Waals surface area contributed by atoms with Crippen molar-refractivity contribution in [2.75, 3.05) is 23.3 Å². The minimum absolute atomic E-state index is 0.253. The van der Waals surface area contributed by atoms with Crippen LogP contribution < -0.4 is 10.2 Å². The summed E-state index contributed by atoms with van der Waals surface area (Å²) in [4.78, 5) is 22.9. The Morgan fingerprint density at radius 1 is 1.13 bits per heavy atom. The van der Waals surface area contributed by atoms with E-state index in [1.807, 2.05) is 12.1 Å². The number of imidazole rings is 1. The Bertz CT molecular complexity index is 838. The van der Waals surface area contributed by atoms with Crippen LogP contribution in [0.25, 0.3) is 5.65 Å². The molecule has 1 amide bonds. The van der Waals surface area contributed by atoms with Gasteiger partial charge in [-0.25, -0.2) is 9.50 Å². The second kappa shape index (κ2) is 5.68. The summed E-state index contributed by atoms with van der Waals surface area (Å²) in [6.07, 6.45) is 7.16. The van der Waals surface area contributed by atoms with Gasteiger partial charge in [-0.1, -0.05) is 0 Å². The Morgan fingerprint density at radius 3 is 2.78 bits per heavy atom. The van der Waals surface area contributed by atoms with E-state index >= 15 is 0 Å². The van der Waals surface area contributed by atoms with Crippen LogP contribution in [0.15, 0.2) is 42.9 Å². The molecule has 4 heterocycles. The fourth-order valence-electron chi connectivity index (χ4n) is 2.77. The zero-order valence-corrected chi connectivity index (χ0v) is 12.5. The van der Waals surface area contributed by atoms with Crippen LogP contribution in [0.4, 0.5) is 11.5 Å². The molecular weight excluding hydrogens is 292 g/mol. The molecule has 116 valence electrons. The third-order valence-corrected chi connectivity index (χ3v) is 3.93. The number of pyridine rings is 1. The van der Waals surface area contributed by atoms with Crippen molar-refractivity contribution >= 4 is 23.1 Å². The van der Waals surface area contributed by atoms with Gasteiger partial charge in [-0.15, -0.1) is 5.10 Å². The van der Waals surface area contributed by atoms with Crippen LogP contribution in [0.5, 0.6) is 0 Å². The summed E-state index contributed by atoms with van der Waals surface area (Å²) in [6.45, 7) is 2.01. The molecule has 0 bridgehead atoms. The second-order valence-electron chi connectivity index (χ2n) is 5.49. The number of fused-ring (bicyclic) bond motifs is 1. The van der Waals surface area contributed by atoms with Crippen LogP contribution in [-0.2, 0) is 0 Å². The Morgan fingerprint density at radius 2 is 2.00 bits per heavy atom. The summed E-state index contributed by atoms with van der Waals surface area (Å²) in [6, 6.07) is 7.41. The monoisotopic (exact) mass is 308 g/mol. The van der Waals surface area contributed by atoms with Gasteiger partial charge in [-0.2, -0.15) is 0 Å². The number of carbonyl (C=O) groups is 1. The number of aromatic nitrogens is 4. The van der Waals surface area contributed by atoms with Crippen LogP contribution in [0.1, 0.15) is 23.3 Å². The molecule has 0 spiro atoms. The topological polar surface area (TPSA) is 75.4 Å². The highest BCUT2D eigenvalue weighted by Crippen LogP contribution is 2.18. The molecule has 0 aromatic carbocycles. The van der Waals surface area contributed by atoms with E-state index in [9.17, 15) is 4.79 Å². The van der Waals surface area contributed by atoms with Crippen molar-refractivity contribution in [2.45, 2.75) is 12.8 Å². The van der Waals surface area contributed by atoms with Crippen molar-refractivity contribution < 1.29 is 4.79 Å². The standard InChI is InChI=1S/C16H16N6O/c23-16(19-12-4-3-7-17-10-12)13-11-18-14-5-6-15(20-22(13)14)21-8-1-2-9-21/h3-7,10-11H,1-2,8-9H2,(H,19,23). The molecule has 7 nitrogen and oxygen atoms in total. The Hall–Kier alpha value is -2.96. The van der Waals surface area contributed by atoms with Gasteiger partial charge >= 0.3 is 0 Å². The molecule has 0 radical (unpaired) electrons. The van der Waals surface area contributed by atoms with E-state index < -0.39 is 0 Å². The number of hydrogen-bond donors (Lipinski definition) is 1. The molecule has 3 aromatic heterocycles. The maximum Gasteiger partial charge on any atom is 0.276 e. The van der Waals surface area contributed by atoms with Crippen LogP contribution in [-0.4, -0.2) is 38.6 Å². The lowest BCUT2D eigenvalue weighted by Crippen LogP contribution is -2.21. The Labute approximate surface area is 133 Å².